The van der Waals surface area contributed by atoms with Gasteiger partial charge in [0.25, 0.3) is 5.22 Å². The fourth-order valence-electron chi connectivity index (χ4n) is 1.53. The molecular weight excluding hydrogens is 296 g/mol. The van der Waals surface area contributed by atoms with E-state index in [0.717, 1.165) is 5.56 Å². The summed E-state index contributed by atoms with van der Waals surface area (Å²) < 4.78 is 10.2. The lowest BCUT2D eigenvalue weighted by atomic mass is 10.1. The number of rotatable bonds is 6. The van der Waals surface area contributed by atoms with Gasteiger partial charge in [0.2, 0.25) is 5.89 Å². The summed E-state index contributed by atoms with van der Waals surface area (Å²) in [5.41, 5.74) is 1.54. The van der Waals surface area contributed by atoms with E-state index in [-0.39, 0.29) is 5.97 Å². The van der Waals surface area contributed by atoms with Crippen molar-refractivity contribution in [1.29, 1.82) is 0 Å². The minimum absolute atomic E-state index is 0.336. The van der Waals surface area contributed by atoms with E-state index in [1.54, 1.807) is 23.9 Å². The van der Waals surface area contributed by atoms with Crippen molar-refractivity contribution in [2.75, 3.05) is 13.4 Å². The zero-order valence-corrected chi connectivity index (χ0v) is 12.8. The maximum Gasteiger partial charge on any atom is 0.337 e. The topological polar surface area (TPSA) is 65.2 Å². The molecule has 0 radical (unpaired) electrons. The lowest BCUT2D eigenvalue weighted by molar-refractivity contribution is 0.0600. The fraction of sp³-hybridized carbons (Fsp3) is 0.308. The van der Waals surface area contributed by atoms with Crippen LogP contribution in [-0.2, 0) is 16.2 Å². The van der Waals surface area contributed by atoms with Crippen molar-refractivity contribution in [1.82, 2.24) is 10.2 Å². The predicted octanol–water partition coefficient (Wildman–Crippen LogP) is 3.01. The lowest BCUT2D eigenvalue weighted by Crippen LogP contribution is -2.01. The van der Waals surface area contributed by atoms with Crippen molar-refractivity contribution in [3.8, 4) is 0 Å². The summed E-state index contributed by atoms with van der Waals surface area (Å²) >= 11 is 3.08. The van der Waals surface area contributed by atoms with Gasteiger partial charge in [-0.3, -0.25) is 0 Å². The second-order valence-electron chi connectivity index (χ2n) is 3.88. The third-order valence-corrected chi connectivity index (χ3v) is 3.85. The van der Waals surface area contributed by atoms with Crippen LogP contribution in [0.4, 0.5) is 0 Å². The van der Waals surface area contributed by atoms with Crippen molar-refractivity contribution >= 4 is 29.5 Å². The third-order valence-electron chi connectivity index (χ3n) is 2.43. The van der Waals surface area contributed by atoms with Gasteiger partial charge in [0.1, 0.15) is 0 Å². The number of hydrogen-bond donors (Lipinski definition) is 0. The summed E-state index contributed by atoms with van der Waals surface area (Å²) in [4.78, 5) is 11.4. The number of methoxy groups -OCH3 is 1. The molecule has 0 unspecified atom stereocenters. The summed E-state index contributed by atoms with van der Waals surface area (Å²) in [6.07, 6.45) is 1.98. The van der Waals surface area contributed by atoms with Gasteiger partial charge in [-0.1, -0.05) is 23.9 Å². The highest BCUT2D eigenvalue weighted by Gasteiger charge is 2.08. The van der Waals surface area contributed by atoms with Crippen LogP contribution in [0.5, 0.6) is 0 Å². The van der Waals surface area contributed by atoms with Crippen molar-refractivity contribution in [3.63, 3.8) is 0 Å². The third kappa shape index (κ3) is 4.01. The zero-order valence-electron chi connectivity index (χ0n) is 11.2. The predicted molar refractivity (Wildman–Crippen MR) is 78.9 cm³/mol. The van der Waals surface area contributed by atoms with Gasteiger partial charge in [-0.25, -0.2) is 4.79 Å². The molecule has 0 aliphatic rings. The van der Waals surface area contributed by atoms with E-state index in [1.165, 1.54) is 18.9 Å². The van der Waals surface area contributed by atoms with Crippen molar-refractivity contribution in [2.45, 2.75) is 16.7 Å². The Balaban J connectivity index is 1.97. The molecule has 7 heteroatoms. The van der Waals surface area contributed by atoms with E-state index in [1.807, 2.05) is 18.4 Å². The highest BCUT2D eigenvalue weighted by molar-refractivity contribution is 7.98. The van der Waals surface area contributed by atoms with Gasteiger partial charge in [-0.2, -0.15) is 11.8 Å². The van der Waals surface area contributed by atoms with Crippen LogP contribution < -0.4 is 0 Å². The Morgan fingerprint density at radius 3 is 2.95 bits per heavy atom. The molecule has 0 amide bonds. The Labute approximate surface area is 125 Å². The van der Waals surface area contributed by atoms with Crippen LogP contribution in [0, 0.1) is 0 Å². The summed E-state index contributed by atoms with van der Waals surface area (Å²) in [6.45, 7) is 0. The van der Waals surface area contributed by atoms with Gasteiger partial charge in [-0.05, 0) is 24.0 Å². The first kappa shape index (κ1) is 14.9. The Kier molecular flexibility index (Phi) is 5.49. The molecule has 2 aromatic rings. The molecular formula is C13H14N2O3S2. The smallest absolute Gasteiger partial charge is 0.337 e. The number of nitrogens with zero attached hydrogens (tertiary/aromatic N) is 2. The minimum Gasteiger partial charge on any atom is -0.465 e. The van der Waals surface area contributed by atoms with Gasteiger partial charge in [0.05, 0.1) is 18.4 Å². The Morgan fingerprint density at radius 1 is 1.35 bits per heavy atom. The van der Waals surface area contributed by atoms with E-state index in [9.17, 15) is 4.79 Å². The standard InChI is InChI=1S/C13H14N2O3S2/c1-17-12(16)10-5-3-4-9(6-10)7-20-13-15-14-11(18-13)8-19-2/h3-6H,7-8H2,1-2H3. The van der Waals surface area contributed by atoms with Crippen LogP contribution in [-0.4, -0.2) is 29.5 Å². The molecule has 2 rings (SSSR count). The first-order valence-electron chi connectivity index (χ1n) is 5.84. The Hall–Kier alpha value is -1.47. The van der Waals surface area contributed by atoms with Crippen LogP contribution >= 0.6 is 23.5 Å². The van der Waals surface area contributed by atoms with E-state index < -0.39 is 0 Å². The number of ether oxygens (including phenoxy) is 1. The number of thioether (sulfide) groups is 2. The molecule has 1 aromatic carbocycles. The van der Waals surface area contributed by atoms with E-state index in [4.69, 9.17) is 9.15 Å². The van der Waals surface area contributed by atoms with Crippen molar-refractivity contribution in [3.05, 3.63) is 41.3 Å². The number of carbonyl (C=O) groups excluding carboxylic acids is 1. The highest BCUT2D eigenvalue weighted by Crippen LogP contribution is 2.23. The van der Waals surface area contributed by atoms with Crippen LogP contribution in [0.3, 0.4) is 0 Å². The normalized spacial score (nSPS) is 10.5. The fourth-order valence-corrected chi connectivity index (χ4v) is 2.62. The van der Waals surface area contributed by atoms with Crippen LogP contribution in [0.25, 0.3) is 0 Å². The number of benzene rings is 1. The van der Waals surface area contributed by atoms with Gasteiger partial charge in [-0.15, -0.1) is 10.2 Å². The first-order chi connectivity index (χ1) is 9.72. The van der Waals surface area contributed by atoms with Crippen LogP contribution in [0.1, 0.15) is 21.8 Å². The Morgan fingerprint density at radius 2 is 2.20 bits per heavy atom. The number of aromatic nitrogens is 2. The van der Waals surface area contributed by atoms with E-state index >= 15 is 0 Å². The maximum absolute atomic E-state index is 11.4. The second-order valence-corrected chi connectivity index (χ2v) is 5.67. The monoisotopic (exact) mass is 310 g/mol. The van der Waals surface area contributed by atoms with Gasteiger partial charge < -0.3 is 9.15 Å². The SMILES string of the molecule is COC(=O)c1cccc(CSc2nnc(CSC)o2)c1. The quantitative estimate of drug-likeness (QED) is 0.600. The average Bonchev–Trinajstić information content (AvgIpc) is 2.93. The minimum atomic E-state index is -0.336. The number of esters is 1. The molecule has 0 fully saturated rings. The lowest BCUT2D eigenvalue weighted by Gasteiger charge is -2.02. The summed E-state index contributed by atoms with van der Waals surface area (Å²) in [6, 6.07) is 7.30. The molecule has 0 N–H and O–H groups in total. The van der Waals surface area contributed by atoms with Gasteiger partial charge in [0, 0.05) is 5.75 Å². The molecule has 0 saturated carbocycles. The zero-order chi connectivity index (χ0) is 14.4. The molecule has 0 saturated heterocycles. The first-order valence-corrected chi connectivity index (χ1v) is 8.22. The Bertz CT molecular complexity index is 587. The summed E-state index contributed by atoms with van der Waals surface area (Å²) in [7, 11) is 1.37. The second kappa shape index (κ2) is 7.35. The molecule has 0 atom stereocenters. The van der Waals surface area contributed by atoms with Gasteiger partial charge >= 0.3 is 5.97 Å². The van der Waals surface area contributed by atoms with Gasteiger partial charge in [0.15, 0.2) is 0 Å². The number of hydrogen-bond acceptors (Lipinski definition) is 7. The molecule has 5 nitrogen and oxygen atoms in total. The molecule has 0 spiro atoms. The highest BCUT2D eigenvalue weighted by atomic mass is 32.2. The largest absolute Gasteiger partial charge is 0.465 e. The van der Waals surface area contributed by atoms with Crippen molar-refractivity contribution < 1.29 is 13.9 Å². The molecule has 1 heterocycles. The van der Waals surface area contributed by atoms with E-state index in [0.29, 0.717) is 28.2 Å². The molecule has 20 heavy (non-hydrogen) atoms. The molecule has 0 bridgehead atoms. The average molecular weight is 310 g/mol. The molecule has 0 aliphatic carbocycles. The molecule has 106 valence electrons. The maximum atomic E-state index is 11.4. The van der Waals surface area contributed by atoms with Crippen LogP contribution in [0.15, 0.2) is 33.9 Å². The van der Waals surface area contributed by atoms with E-state index in [2.05, 4.69) is 10.2 Å². The van der Waals surface area contributed by atoms with Crippen LogP contribution in [0.2, 0.25) is 0 Å². The molecule has 0 aliphatic heterocycles. The summed E-state index contributed by atoms with van der Waals surface area (Å²) in [5, 5.41) is 8.45. The molecule has 1 aromatic heterocycles. The number of carbonyl (C=O) groups is 1. The van der Waals surface area contributed by atoms with Crippen molar-refractivity contribution in [2.24, 2.45) is 0 Å². The summed E-state index contributed by atoms with van der Waals surface area (Å²) in [5.74, 6) is 1.66.